The van der Waals surface area contributed by atoms with E-state index in [-0.39, 0.29) is 6.04 Å². The second kappa shape index (κ2) is 5.38. The third-order valence-corrected chi connectivity index (χ3v) is 3.84. The van der Waals surface area contributed by atoms with Gasteiger partial charge in [-0.15, -0.1) is 10.2 Å². The molecule has 1 unspecified atom stereocenters. The van der Waals surface area contributed by atoms with E-state index in [1.165, 1.54) is 11.1 Å². The summed E-state index contributed by atoms with van der Waals surface area (Å²) in [4.78, 5) is 0. The molecule has 0 bridgehead atoms. The van der Waals surface area contributed by atoms with E-state index in [1.807, 2.05) is 12.1 Å². The van der Waals surface area contributed by atoms with Crippen LogP contribution < -0.4 is 5.32 Å². The largest absolute Gasteiger partial charge is 0.308 e. The number of rotatable bonds is 4. The third-order valence-electron chi connectivity index (χ3n) is 2.70. The lowest BCUT2D eigenvalue weighted by atomic mass is 10.1. The van der Waals surface area contributed by atoms with Crippen molar-refractivity contribution in [2.24, 2.45) is 0 Å². The first-order valence-corrected chi connectivity index (χ1v) is 6.66. The van der Waals surface area contributed by atoms with E-state index < -0.39 is 0 Å². The van der Waals surface area contributed by atoms with E-state index in [0.717, 1.165) is 16.6 Å². The molecule has 17 heavy (non-hydrogen) atoms. The van der Waals surface area contributed by atoms with Crippen molar-refractivity contribution in [3.05, 3.63) is 34.8 Å². The molecule has 1 heterocycles. The SMILES string of the molecule is CCNC(C)c1nnc(-c2ccccc2C)s1. The van der Waals surface area contributed by atoms with E-state index >= 15 is 0 Å². The Kier molecular flexibility index (Phi) is 3.86. The molecule has 2 aromatic rings. The van der Waals surface area contributed by atoms with Gasteiger partial charge in [0.25, 0.3) is 0 Å². The lowest BCUT2D eigenvalue weighted by Gasteiger charge is -2.06. The molecule has 0 aliphatic heterocycles. The van der Waals surface area contributed by atoms with Crippen molar-refractivity contribution in [1.82, 2.24) is 15.5 Å². The fourth-order valence-corrected chi connectivity index (χ4v) is 2.69. The van der Waals surface area contributed by atoms with Crippen LogP contribution in [0.3, 0.4) is 0 Å². The fourth-order valence-electron chi connectivity index (χ4n) is 1.72. The van der Waals surface area contributed by atoms with E-state index in [9.17, 15) is 0 Å². The molecule has 0 saturated heterocycles. The number of hydrogen-bond donors (Lipinski definition) is 1. The highest BCUT2D eigenvalue weighted by molar-refractivity contribution is 7.14. The first kappa shape index (κ1) is 12.2. The van der Waals surface area contributed by atoms with Crippen LogP contribution in [0, 0.1) is 6.92 Å². The summed E-state index contributed by atoms with van der Waals surface area (Å²) >= 11 is 1.66. The van der Waals surface area contributed by atoms with Crippen molar-refractivity contribution < 1.29 is 0 Å². The highest BCUT2D eigenvalue weighted by Crippen LogP contribution is 2.28. The van der Waals surface area contributed by atoms with Crippen LogP contribution in [0.2, 0.25) is 0 Å². The van der Waals surface area contributed by atoms with Crippen molar-refractivity contribution in [3.63, 3.8) is 0 Å². The van der Waals surface area contributed by atoms with Gasteiger partial charge >= 0.3 is 0 Å². The van der Waals surface area contributed by atoms with Gasteiger partial charge in [-0.3, -0.25) is 0 Å². The van der Waals surface area contributed by atoms with Gasteiger partial charge in [-0.25, -0.2) is 0 Å². The second-order valence-electron chi connectivity index (χ2n) is 4.04. The first-order chi connectivity index (χ1) is 8.22. The summed E-state index contributed by atoms with van der Waals surface area (Å²) in [7, 11) is 0. The molecule has 1 N–H and O–H groups in total. The molecule has 3 nitrogen and oxygen atoms in total. The number of nitrogens with zero attached hydrogens (tertiary/aromatic N) is 2. The Hall–Kier alpha value is -1.26. The molecule has 0 radical (unpaired) electrons. The van der Waals surface area contributed by atoms with Gasteiger partial charge < -0.3 is 5.32 Å². The maximum atomic E-state index is 4.28. The molecule has 1 aromatic carbocycles. The molecule has 1 aromatic heterocycles. The number of aryl methyl sites for hydroxylation is 1. The van der Waals surface area contributed by atoms with Crippen LogP contribution in [0.15, 0.2) is 24.3 Å². The highest BCUT2D eigenvalue weighted by Gasteiger charge is 2.12. The minimum absolute atomic E-state index is 0.273. The molecule has 0 aliphatic rings. The van der Waals surface area contributed by atoms with Crippen molar-refractivity contribution >= 4 is 11.3 Å². The van der Waals surface area contributed by atoms with Crippen LogP contribution in [0.4, 0.5) is 0 Å². The summed E-state index contributed by atoms with van der Waals surface area (Å²) < 4.78 is 0. The smallest absolute Gasteiger partial charge is 0.148 e. The molecule has 1 atom stereocenters. The van der Waals surface area contributed by atoms with Crippen LogP contribution >= 0.6 is 11.3 Å². The van der Waals surface area contributed by atoms with Crippen LogP contribution in [0.1, 0.15) is 30.5 Å². The van der Waals surface area contributed by atoms with Crippen LogP contribution in [-0.2, 0) is 0 Å². The predicted molar refractivity (Wildman–Crippen MR) is 72.2 cm³/mol. The average Bonchev–Trinajstić information content (AvgIpc) is 2.79. The summed E-state index contributed by atoms with van der Waals surface area (Å²) in [6.07, 6.45) is 0. The zero-order valence-electron chi connectivity index (χ0n) is 10.4. The Balaban J connectivity index is 2.27. The highest BCUT2D eigenvalue weighted by atomic mass is 32.1. The third kappa shape index (κ3) is 2.70. The lowest BCUT2D eigenvalue weighted by Crippen LogP contribution is -2.17. The van der Waals surface area contributed by atoms with Gasteiger partial charge in [-0.2, -0.15) is 0 Å². The molecule has 0 fully saturated rings. The van der Waals surface area contributed by atoms with Crippen LogP contribution in [-0.4, -0.2) is 16.7 Å². The van der Waals surface area contributed by atoms with Gasteiger partial charge in [-0.05, 0) is 26.0 Å². The zero-order valence-corrected chi connectivity index (χ0v) is 11.2. The average molecular weight is 247 g/mol. The van der Waals surface area contributed by atoms with E-state index in [0.29, 0.717) is 0 Å². The minimum Gasteiger partial charge on any atom is -0.308 e. The summed E-state index contributed by atoms with van der Waals surface area (Å²) in [6, 6.07) is 8.55. The summed E-state index contributed by atoms with van der Waals surface area (Å²) in [5.41, 5.74) is 2.42. The Morgan fingerprint density at radius 3 is 2.76 bits per heavy atom. The Morgan fingerprint density at radius 1 is 1.29 bits per heavy atom. The molecule has 90 valence electrons. The summed E-state index contributed by atoms with van der Waals surface area (Å²) in [5.74, 6) is 0. The van der Waals surface area contributed by atoms with Gasteiger partial charge in [0, 0.05) is 5.56 Å². The number of nitrogens with one attached hydrogen (secondary N) is 1. The Bertz CT molecular complexity index is 493. The molecule has 0 amide bonds. The zero-order chi connectivity index (χ0) is 12.3. The number of aromatic nitrogens is 2. The van der Waals surface area contributed by atoms with Gasteiger partial charge in [0.05, 0.1) is 6.04 Å². The predicted octanol–water partition coefficient (Wildman–Crippen LogP) is 3.18. The normalized spacial score (nSPS) is 12.6. The maximum absolute atomic E-state index is 4.28. The molecular formula is C13H17N3S. The van der Waals surface area contributed by atoms with Crippen molar-refractivity contribution in [2.75, 3.05) is 6.54 Å². The van der Waals surface area contributed by atoms with E-state index in [1.54, 1.807) is 11.3 Å². The molecule has 4 heteroatoms. The molecule has 0 saturated carbocycles. The van der Waals surface area contributed by atoms with Crippen molar-refractivity contribution in [3.8, 4) is 10.6 Å². The fraction of sp³-hybridized carbons (Fsp3) is 0.385. The van der Waals surface area contributed by atoms with E-state index in [2.05, 4.69) is 48.4 Å². The number of benzene rings is 1. The topological polar surface area (TPSA) is 37.8 Å². The molecular weight excluding hydrogens is 230 g/mol. The minimum atomic E-state index is 0.273. The van der Waals surface area contributed by atoms with E-state index in [4.69, 9.17) is 0 Å². The van der Waals surface area contributed by atoms with Gasteiger partial charge in [0.2, 0.25) is 0 Å². The lowest BCUT2D eigenvalue weighted by molar-refractivity contribution is 0.590. The van der Waals surface area contributed by atoms with Crippen molar-refractivity contribution in [1.29, 1.82) is 0 Å². The Morgan fingerprint density at radius 2 is 2.06 bits per heavy atom. The Labute approximate surface area is 106 Å². The monoisotopic (exact) mass is 247 g/mol. The molecule has 0 aliphatic carbocycles. The second-order valence-corrected chi connectivity index (χ2v) is 5.05. The quantitative estimate of drug-likeness (QED) is 0.901. The van der Waals surface area contributed by atoms with Gasteiger partial charge in [0.1, 0.15) is 10.0 Å². The maximum Gasteiger partial charge on any atom is 0.148 e. The van der Waals surface area contributed by atoms with Crippen LogP contribution in [0.25, 0.3) is 10.6 Å². The summed E-state index contributed by atoms with van der Waals surface area (Å²) in [6.45, 7) is 7.26. The summed E-state index contributed by atoms with van der Waals surface area (Å²) in [5, 5.41) is 13.9. The van der Waals surface area contributed by atoms with Gasteiger partial charge in [-0.1, -0.05) is 42.5 Å². The van der Waals surface area contributed by atoms with Crippen molar-refractivity contribution in [2.45, 2.75) is 26.8 Å². The van der Waals surface area contributed by atoms with Crippen LogP contribution in [0.5, 0.6) is 0 Å². The number of hydrogen-bond acceptors (Lipinski definition) is 4. The standard InChI is InChI=1S/C13H17N3S/c1-4-14-10(3)12-15-16-13(17-12)11-8-6-5-7-9(11)2/h5-8,10,14H,4H2,1-3H3. The molecule has 0 spiro atoms. The van der Waals surface area contributed by atoms with Gasteiger partial charge in [0.15, 0.2) is 0 Å². The molecule has 2 rings (SSSR count). The first-order valence-electron chi connectivity index (χ1n) is 5.85.